The highest BCUT2D eigenvalue weighted by atomic mass is 15.3. The van der Waals surface area contributed by atoms with Crippen LogP contribution < -0.4 is 5.32 Å². The van der Waals surface area contributed by atoms with Gasteiger partial charge in [0.1, 0.15) is 0 Å². The molecular weight excluding hydrogens is 246 g/mol. The number of piperidine rings is 1. The third-order valence-electron chi connectivity index (χ3n) is 5.93. The highest BCUT2D eigenvalue weighted by Gasteiger charge is 2.37. The van der Waals surface area contributed by atoms with Crippen LogP contribution in [0, 0.1) is 0 Å². The quantitative estimate of drug-likeness (QED) is 0.836. The number of piperazine rings is 1. The maximum atomic E-state index is 3.86. The van der Waals surface area contributed by atoms with Crippen LogP contribution in [-0.4, -0.2) is 60.6 Å². The van der Waals surface area contributed by atoms with Gasteiger partial charge in [0.2, 0.25) is 0 Å². The molecule has 20 heavy (non-hydrogen) atoms. The van der Waals surface area contributed by atoms with Gasteiger partial charge in [-0.15, -0.1) is 0 Å². The first kappa shape index (κ1) is 16.3. The van der Waals surface area contributed by atoms with Crippen LogP contribution in [0.3, 0.4) is 0 Å². The fourth-order valence-electron chi connectivity index (χ4n) is 4.02. The number of nitrogens with one attached hydrogen (secondary N) is 1. The van der Waals surface area contributed by atoms with Crippen molar-refractivity contribution in [3.05, 3.63) is 0 Å². The van der Waals surface area contributed by atoms with Gasteiger partial charge in [-0.05, 0) is 45.7 Å². The summed E-state index contributed by atoms with van der Waals surface area (Å²) in [5.41, 5.74) is 0.360. The van der Waals surface area contributed by atoms with Gasteiger partial charge in [0.25, 0.3) is 0 Å². The Morgan fingerprint density at radius 3 is 2.45 bits per heavy atom. The van der Waals surface area contributed by atoms with E-state index in [0.29, 0.717) is 5.54 Å². The zero-order valence-electron chi connectivity index (χ0n) is 14.1. The molecule has 0 amide bonds. The Morgan fingerprint density at radius 2 is 1.85 bits per heavy atom. The average Bonchev–Trinajstić information content (AvgIpc) is 2.49. The molecule has 0 spiro atoms. The van der Waals surface area contributed by atoms with Gasteiger partial charge in [0.05, 0.1) is 0 Å². The molecule has 0 saturated carbocycles. The molecular formula is C17H35N3. The number of likely N-dealkylation sites (N-methyl/N-ethyl adjacent to an activating group) is 1. The van der Waals surface area contributed by atoms with E-state index in [4.69, 9.17) is 0 Å². The first-order chi connectivity index (χ1) is 9.64. The number of hydrogen-bond acceptors (Lipinski definition) is 3. The lowest BCUT2D eigenvalue weighted by Crippen LogP contribution is -2.65. The number of likely N-dealkylation sites (tertiary alicyclic amines) is 1. The van der Waals surface area contributed by atoms with E-state index in [-0.39, 0.29) is 0 Å². The smallest absolute Gasteiger partial charge is 0.0304 e. The van der Waals surface area contributed by atoms with Gasteiger partial charge in [0.15, 0.2) is 0 Å². The van der Waals surface area contributed by atoms with Crippen molar-refractivity contribution in [1.82, 2.24) is 15.1 Å². The molecule has 0 aromatic carbocycles. The van der Waals surface area contributed by atoms with Gasteiger partial charge < -0.3 is 10.2 Å². The van der Waals surface area contributed by atoms with E-state index in [0.717, 1.165) is 12.1 Å². The van der Waals surface area contributed by atoms with Crippen LogP contribution in [0.2, 0.25) is 0 Å². The largest absolute Gasteiger partial charge is 0.308 e. The molecule has 2 atom stereocenters. The van der Waals surface area contributed by atoms with Crippen LogP contribution in [0.4, 0.5) is 0 Å². The Labute approximate surface area is 126 Å². The van der Waals surface area contributed by atoms with Gasteiger partial charge in [0, 0.05) is 37.3 Å². The maximum Gasteiger partial charge on any atom is 0.0304 e. The third-order valence-corrected chi connectivity index (χ3v) is 5.93. The Bertz CT molecular complexity index is 288. The summed E-state index contributed by atoms with van der Waals surface area (Å²) < 4.78 is 0. The van der Waals surface area contributed by atoms with E-state index in [2.05, 4.69) is 42.9 Å². The lowest BCUT2D eigenvalue weighted by Gasteiger charge is -2.49. The SMILES string of the molecule is CCC1CNC(CC)(CC)CN1CC1CCCCN1C. The summed E-state index contributed by atoms with van der Waals surface area (Å²) in [4.78, 5) is 5.40. The highest BCUT2D eigenvalue weighted by molar-refractivity contribution is 4.97. The van der Waals surface area contributed by atoms with E-state index in [1.807, 2.05) is 0 Å². The second kappa shape index (κ2) is 7.24. The standard InChI is InChI=1S/C17H35N3/c1-5-15-12-18-17(6-2,7-3)14-20(15)13-16-10-8-9-11-19(16)4/h15-16,18H,5-14H2,1-4H3. The van der Waals surface area contributed by atoms with Crippen molar-refractivity contribution in [2.24, 2.45) is 0 Å². The topological polar surface area (TPSA) is 18.5 Å². The maximum absolute atomic E-state index is 3.86. The lowest BCUT2D eigenvalue weighted by molar-refractivity contribution is 0.0376. The Balaban J connectivity index is 2.01. The van der Waals surface area contributed by atoms with E-state index < -0.39 is 0 Å². The molecule has 0 aliphatic carbocycles. The third kappa shape index (κ3) is 3.55. The predicted octanol–water partition coefficient (Wildman–Crippen LogP) is 2.71. The van der Waals surface area contributed by atoms with Gasteiger partial charge in [-0.25, -0.2) is 0 Å². The van der Waals surface area contributed by atoms with Crippen molar-refractivity contribution in [3.8, 4) is 0 Å². The van der Waals surface area contributed by atoms with E-state index >= 15 is 0 Å². The van der Waals surface area contributed by atoms with Crippen LogP contribution in [-0.2, 0) is 0 Å². The molecule has 3 nitrogen and oxygen atoms in total. The van der Waals surface area contributed by atoms with Crippen LogP contribution >= 0.6 is 0 Å². The molecule has 118 valence electrons. The molecule has 2 rings (SSSR count). The van der Waals surface area contributed by atoms with Gasteiger partial charge in [-0.1, -0.05) is 27.2 Å². The van der Waals surface area contributed by atoms with Crippen molar-refractivity contribution in [2.75, 3.05) is 33.2 Å². The molecule has 2 aliphatic heterocycles. The van der Waals surface area contributed by atoms with E-state index in [9.17, 15) is 0 Å². The van der Waals surface area contributed by atoms with E-state index in [1.54, 1.807) is 0 Å². The first-order valence-corrected chi connectivity index (χ1v) is 8.83. The number of rotatable bonds is 5. The van der Waals surface area contributed by atoms with Gasteiger partial charge >= 0.3 is 0 Å². The molecule has 1 N–H and O–H groups in total. The molecule has 2 aliphatic rings. The van der Waals surface area contributed by atoms with Crippen LogP contribution in [0.25, 0.3) is 0 Å². The van der Waals surface area contributed by atoms with Crippen LogP contribution in [0.5, 0.6) is 0 Å². The number of nitrogens with zero attached hydrogens (tertiary/aromatic N) is 2. The fourth-order valence-corrected chi connectivity index (χ4v) is 4.02. The summed E-state index contributed by atoms with van der Waals surface area (Å²) in [5.74, 6) is 0. The summed E-state index contributed by atoms with van der Waals surface area (Å²) in [6.45, 7) is 12.0. The predicted molar refractivity (Wildman–Crippen MR) is 87.2 cm³/mol. The Hall–Kier alpha value is -0.120. The Morgan fingerprint density at radius 1 is 1.10 bits per heavy atom. The summed E-state index contributed by atoms with van der Waals surface area (Å²) in [5, 5.41) is 3.86. The number of hydrogen-bond donors (Lipinski definition) is 1. The molecule has 2 unspecified atom stereocenters. The molecule has 2 saturated heterocycles. The summed E-state index contributed by atoms with van der Waals surface area (Å²) in [6.07, 6.45) is 7.97. The molecule has 0 radical (unpaired) electrons. The molecule has 0 aromatic heterocycles. The first-order valence-electron chi connectivity index (χ1n) is 8.83. The molecule has 0 aromatic rings. The zero-order valence-corrected chi connectivity index (χ0v) is 14.1. The van der Waals surface area contributed by atoms with Crippen LogP contribution in [0.15, 0.2) is 0 Å². The normalized spacial score (nSPS) is 32.4. The van der Waals surface area contributed by atoms with Crippen molar-refractivity contribution in [2.45, 2.75) is 76.9 Å². The Kier molecular flexibility index (Phi) is 5.88. The van der Waals surface area contributed by atoms with Crippen LogP contribution in [0.1, 0.15) is 59.3 Å². The van der Waals surface area contributed by atoms with Crippen molar-refractivity contribution < 1.29 is 0 Å². The second-order valence-electron chi connectivity index (χ2n) is 6.99. The molecule has 2 heterocycles. The summed E-state index contributed by atoms with van der Waals surface area (Å²) in [7, 11) is 2.32. The minimum absolute atomic E-state index is 0.360. The molecule has 0 bridgehead atoms. The zero-order chi connectivity index (χ0) is 14.6. The lowest BCUT2D eigenvalue weighted by atomic mass is 9.87. The second-order valence-corrected chi connectivity index (χ2v) is 6.99. The minimum atomic E-state index is 0.360. The molecule has 2 fully saturated rings. The van der Waals surface area contributed by atoms with Gasteiger partial charge in [-0.3, -0.25) is 4.90 Å². The fraction of sp³-hybridized carbons (Fsp3) is 1.00. The minimum Gasteiger partial charge on any atom is -0.308 e. The highest BCUT2D eigenvalue weighted by Crippen LogP contribution is 2.26. The van der Waals surface area contributed by atoms with Crippen molar-refractivity contribution >= 4 is 0 Å². The van der Waals surface area contributed by atoms with Crippen molar-refractivity contribution in [3.63, 3.8) is 0 Å². The van der Waals surface area contributed by atoms with Gasteiger partial charge in [-0.2, -0.15) is 0 Å². The summed E-state index contributed by atoms with van der Waals surface area (Å²) in [6, 6.07) is 1.51. The molecule has 3 heteroatoms. The summed E-state index contributed by atoms with van der Waals surface area (Å²) >= 11 is 0. The average molecular weight is 281 g/mol. The van der Waals surface area contributed by atoms with E-state index in [1.165, 1.54) is 64.7 Å². The van der Waals surface area contributed by atoms with Crippen molar-refractivity contribution in [1.29, 1.82) is 0 Å². The monoisotopic (exact) mass is 281 g/mol.